The van der Waals surface area contributed by atoms with Crippen molar-refractivity contribution >= 4 is 33.4 Å². The summed E-state index contributed by atoms with van der Waals surface area (Å²) in [5.74, 6) is -0.204. The predicted octanol–water partition coefficient (Wildman–Crippen LogP) is 2.63. The summed E-state index contributed by atoms with van der Waals surface area (Å²) in [5, 5.41) is 3.42. The molecular weight excluding hydrogens is 400 g/mol. The van der Waals surface area contributed by atoms with Crippen molar-refractivity contribution < 1.29 is 9.59 Å². The van der Waals surface area contributed by atoms with E-state index in [1.165, 1.54) is 22.2 Å². The lowest BCUT2D eigenvalue weighted by Crippen LogP contribution is -2.32. The average molecular weight is 425 g/mol. The average Bonchev–Trinajstić information content (AvgIpc) is 3.37. The molecule has 1 saturated heterocycles. The van der Waals surface area contributed by atoms with Crippen molar-refractivity contribution in [3.8, 4) is 0 Å². The molecule has 1 fully saturated rings. The van der Waals surface area contributed by atoms with Gasteiger partial charge in [0, 0.05) is 30.1 Å². The second kappa shape index (κ2) is 8.39. The van der Waals surface area contributed by atoms with Gasteiger partial charge >= 0.3 is 0 Å². The molecule has 3 heterocycles. The maximum absolute atomic E-state index is 12.7. The molecule has 0 saturated carbocycles. The highest BCUT2D eigenvalue weighted by molar-refractivity contribution is 7.18. The van der Waals surface area contributed by atoms with Crippen molar-refractivity contribution in [1.82, 2.24) is 19.8 Å². The van der Waals surface area contributed by atoms with Crippen LogP contribution in [0.25, 0.3) is 10.2 Å². The normalized spacial score (nSPS) is 13.7. The van der Waals surface area contributed by atoms with Crippen molar-refractivity contribution in [3.05, 3.63) is 62.5 Å². The Balaban J connectivity index is 1.37. The molecule has 30 heavy (non-hydrogen) atoms. The molecule has 0 unspecified atom stereocenters. The third-order valence-corrected chi connectivity index (χ3v) is 6.67. The van der Waals surface area contributed by atoms with Crippen LogP contribution >= 0.6 is 11.3 Å². The van der Waals surface area contributed by atoms with Crippen LogP contribution in [0.3, 0.4) is 0 Å². The minimum absolute atomic E-state index is 0.0595. The fourth-order valence-electron chi connectivity index (χ4n) is 3.66. The second-order valence-corrected chi connectivity index (χ2v) is 8.82. The zero-order chi connectivity index (χ0) is 21.3. The van der Waals surface area contributed by atoms with Crippen LogP contribution in [-0.2, 0) is 17.9 Å². The summed E-state index contributed by atoms with van der Waals surface area (Å²) in [6, 6.07) is 7.29. The van der Waals surface area contributed by atoms with Gasteiger partial charge in [-0.3, -0.25) is 19.0 Å². The molecule has 0 aliphatic carbocycles. The molecule has 1 aliphatic heterocycles. The van der Waals surface area contributed by atoms with Crippen LogP contribution in [0, 0.1) is 13.8 Å². The van der Waals surface area contributed by atoms with E-state index < -0.39 is 0 Å². The van der Waals surface area contributed by atoms with Gasteiger partial charge in [0.05, 0.1) is 11.7 Å². The number of nitrogens with one attached hydrogen (secondary N) is 1. The summed E-state index contributed by atoms with van der Waals surface area (Å²) in [4.78, 5) is 45.4. The first kappa shape index (κ1) is 20.3. The third-order valence-electron chi connectivity index (χ3n) is 5.55. The van der Waals surface area contributed by atoms with Gasteiger partial charge in [-0.05, 0) is 49.9 Å². The van der Waals surface area contributed by atoms with Crippen LogP contribution < -0.4 is 10.9 Å². The largest absolute Gasteiger partial charge is 0.350 e. The molecule has 0 bridgehead atoms. The molecule has 1 aromatic carbocycles. The molecular formula is C22H24N4O3S. The first-order valence-corrected chi connectivity index (χ1v) is 10.9. The van der Waals surface area contributed by atoms with Crippen molar-refractivity contribution in [1.29, 1.82) is 0 Å². The van der Waals surface area contributed by atoms with Gasteiger partial charge in [-0.2, -0.15) is 0 Å². The molecule has 0 spiro atoms. The standard InChI is InChI=1S/C22H24N4O3S/c1-14-15(2)30-20-19(14)22(29)26(13-24-20)12-18(27)23-11-16-5-7-17(8-6-16)21(28)25-9-3-4-10-25/h5-8,13H,3-4,9-12H2,1-2H3,(H,23,27). The maximum Gasteiger partial charge on any atom is 0.262 e. The molecule has 0 atom stereocenters. The van der Waals surface area contributed by atoms with Gasteiger partial charge in [0.2, 0.25) is 5.91 Å². The summed E-state index contributed by atoms with van der Waals surface area (Å²) in [5.41, 5.74) is 2.29. The molecule has 2 amide bonds. The monoisotopic (exact) mass is 424 g/mol. The molecule has 156 valence electrons. The van der Waals surface area contributed by atoms with E-state index in [-0.39, 0.29) is 23.9 Å². The van der Waals surface area contributed by atoms with Crippen LogP contribution in [0.15, 0.2) is 35.4 Å². The van der Waals surface area contributed by atoms with E-state index in [9.17, 15) is 14.4 Å². The van der Waals surface area contributed by atoms with Gasteiger partial charge in [0.1, 0.15) is 11.4 Å². The number of amides is 2. The Morgan fingerprint density at radius 3 is 2.53 bits per heavy atom. The summed E-state index contributed by atoms with van der Waals surface area (Å²) in [6.07, 6.45) is 3.55. The Morgan fingerprint density at radius 2 is 1.83 bits per heavy atom. The smallest absolute Gasteiger partial charge is 0.262 e. The highest BCUT2D eigenvalue weighted by Gasteiger charge is 2.19. The Kier molecular flexibility index (Phi) is 5.67. The molecule has 7 nitrogen and oxygen atoms in total. The fourth-order valence-corrected chi connectivity index (χ4v) is 4.65. The number of benzene rings is 1. The Labute approximate surface area is 178 Å². The second-order valence-electron chi connectivity index (χ2n) is 7.61. The van der Waals surface area contributed by atoms with Crippen LogP contribution in [0.1, 0.15) is 39.2 Å². The van der Waals surface area contributed by atoms with Crippen LogP contribution in [0.4, 0.5) is 0 Å². The number of likely N-dealkylation sites (tertiary alicyclic amines) is 1. The van der Waals surface area contributed by atoms with Crippen molar-refractivity contribution in [3.63, 3.8) is 0 Å². The van der Waals surface area contributed by atoms with Crippen molar-refractivity contribution in [2.45, 2.75) is 39.8 Å². The van der Waals surface area contributed by atoms with Gasteiger partial charge in [0.25, 0.3) is 11.5 Å². The van der Waals surface area contributed by atoms with E-state index in [1.807, 2.05) is 30.9 Å². The number of thiophene rings is 1. The van der Waals surface area contributed by atoms with Crippen LogP contribution in [-0.4, -0.2) is 39.4 Å². The van der Waals surface area contributed by atoms with E-state index in [1.54, 1.807) is 12.1 Å². The summed E-state index contributed by atoms with van der Waals surface area (Å²) in [6.45, 7) is 5.75. The topological polar surface area (TPSA) is 84.3 Å². The number of hydrogen-bond donors (Lipinski definition) is 1. The summed E-state index contributed by atoms with van der Waals surface area (Å²) < 4.78 is 1.34. The van der Waals surface area contributed by atoms with Gasteiger partial charge in [0.15, 0.2) is 0 Å². The Hall–Kier alpha value is -3.00. The Bertz CT molecular complexity index is 1160. The number of hydrogen-bond acceptors (Lipinski definition) is 5. The van der Waals surface area contributed by atoms with E-state index in [4.69, 9.17) is 0 Å². The molecule has 1 N–H and O–H groups in total. The molecule has 3 aromatic rings. The molecule has 1 aliphatic rings. The number of carbonyl (C=O) groups excluding carboxylic acids is 2. The summed E-state index contributed by atoms with van der Waals surface area (Å²) >= 11 is 1.49. The number of fused-ring (bicyclic) bond motifs is 1. The first-order chi connectivity index (χ1) is 14.4. The number of nitrogens with zero attached hydrogens (tertiary/aromatic N) is 3. The number of aryl methyl sites for hydroxylation is 2. The zero-order valence-corrected chi connectivity index (χ0v) is 17.9. The Morgan fingerprint density at radius 1 is 1.13 bits per heavy atom. The van der Waals surface area contributed by atoms with Gasteiger partial charge in [-0.15, -0.1) is 11.3 Å². The summed E-state index contributed by atoms with van der Waals surface area (Å²) in [7, 11) is 0. The van der Waals surface area contributed by atoms with Crippen LogP contribution in [0.5, 0.6) is 0 Å². The third kappa shape index (κ3) is 4.00. The molecule has 4 rings (SSSR count). The lowest BCUT2D eigenvalue weighted by Gasteiger charge is -2.15. The number of carbonyl (C=O) groups is 2. The molecule has 0 radical (unpaired) electrons. The van der Waals surface area contributed by atoms with E-state index in [0.717, 1.165) is 41.9 Å². The lowest BCUT2D eigenvalue weighted by molar-refractivity contribution is -0.121. The van der Waals surface area contributed by atoms with Gasteiger partial charge in [-0.25, -0.2) is 4.98 Å². The van der Waals surface area contributed by atoms with E-state index in [2.05, 4.69) is 10.3 Å². The maximum atomic E-state index is 12.7. The predicted molar refractivity (Wildman–Crippen MR) is 117 cm³/mol. The minimum atomic E-state index is -0.264. The molecule has 2 aromatic heterocycles. The first-order valence-electron chi connectivity index (χ1n) is 10.0. The van der Waals surface area contributed by atoms with E-state index in [0.29, 0.717) is 22.3 Å². The van der Waals surface area contributed by atoms with E-state index >= 15 is 0 Å². The van der Waals surface area contributed by atoms with Crippen LogP contribution in [0.2, 0.25) is 0 Å². The van der Waals surface area contributed by atoms with Crippen molar-refractivity contribution in [2.75, 3.05) is 13.1 Å². The highest BCUT2D eigenvalue weighted by atomic mass is 32.1. The lowest BCUT2D eigenvalue weighted by atomic mass is 10.1. The quantitative estimate of drug-likeness (QED) is 0.682. The highest BCUT2D eigenvalue weighted by Crippen LogP contribution is 2.25. The number of aromatic nitrogens is 2. The number of rotatable bonds is 5. The molecule has 8 heteroatoms. The van der Waals surface area contributed by atoms with Gasteiger partial charge < -0.3 is 10.2 Å². The van der Waals surface area contributed by atoms with Crippen molar-refractivity contribution in [2.24, 2.45) is 0 Å². The SMILES string of the molecule is Cc1sc2ncn(CC(=O)NCc3ccc(C(=O)N4CCCC4)cc3)c(=O)c2c1C. The fraction of sp³-hybridized carbons (Fsp3) is 0.364. The van der Waals surface area contributed by atoms with Gasteiger partial charge in [-0.1, -0.05) is 12.1 Å². The minimum Gasteiger partial charge on any atom is -0.350 e. The zero-order valence-electron chi connectivity index (χ0n) is 17.1.